The number of piperidine rings is 1. The van der Waals surface area contributed by atoms with Gasteiger partial charge in [0.1, 0.15) is 0 Å². The first-order valence-corrected chi connectivity index (χ1v) is 9.49. The fourth-order valence-corrected chi connectivity index (χ4v) is 5.36. The number of fused-ring (bicyclic) bond motifs is 1. The molecular weight excluding hydrogens is 357 g/mol. The van der Waals surface area contributed by atoms with E-state index in [1.54, 1.807) is 4.90 Å². The number of halogens is 3. The summed E-state index contributed by atoms with van der Waals surface area (Å²) in [7, 11) is -3.90. The number of likely N-dealkylation sites (tertiary alicyclic amines) is 1. The van der Waals surface area contributed by atoms with Crippen LogP contribution in [0.25, 0.3) is 0 Å². The first kappa shape index (κ1) is 18.2. The van der Waals surface area contributed by atoms with Crippen molar-refractivity contribution in [3.05, 3.63) is 29.8 Å². The van der Waals surface area contributed by atoms with Gasteiger partial charge in [-0.25, -0.2) is 8.42 Å². The molecule has 0 saturated carbocycles. The van der Waals surface area contributed by atoms with Crippen LogP contribution in [0.4, 0.5) is 13.2 Å². The number of alkyl halides is 3. The minimum absolute atomic E-state index is 0.0712. The van der Waals surface area contributed by atoms with Crippen molar-refractivity contribution in [3.63, 3.8) is 0 Å². The first-order chi connectivity index (χ1) is 11.6. The largest absolute Gasteiger partial charge is 0.416 e. The van der Waals surface area contributed by atoms with Gasteiger partial charge in [0.25, 0.3) is 0 Å². The molecule has 0 unspecified atom stereocenters. The molecule has 138 valence electrons. The van der Waals surface area contributed by atoms with E-state index in [1.807, 2.05) is 0 Å². The minimum Gasteiger partial charge on any atom is -0.341 e. The van der Waals surface area contributed by atoms with Crippen molar-refractivity contribution < 1.29 is 26.4 Å². The Morgan fingerprint density at radius 3 is 2.36 bits per heavy atom. The van der Waals surface area contributed by atoms with Crippen LogP contribution in [0, 0.1) is 5.92 Å². The molecule has 2 fully saturated rings. The molecule has 0 aliphatic carbocycles. The van der Waals surface area contributed by atoms with E-state index >= 15 is 0 Å². The molecule has 0 radical (unpaired) electrons. The third-order valence-electron chi connectivity index (χ3n) is 4.96. The Hall–Kier alpha value is -1.61. The maximum atomic E-state index is 12.9. The average Bonchev–Trinajstić information content (AvgIpc) is 2.98. The van der Waals surface area contributed by atoms with Gasteiger partial charge in [0.2, 0.25) is 15.9 Å². The number of hydrogen-bond acceptors (Lipinski definition) is 3. The normalized spacial score (nSPS) is 25.0. The fourth-order valence-electron chi connectivity index (χ4n) is 3.65. The molecule has 1 amide bonds. The Kier molecular flexibility index (Phi) is 4.57. The summed E-state index contributed by atoms with van der Waals surface area (Å²) in [5.41, 5.74) is -0.883. The zero-order valence-electron chi connectivity index (χ0n) is 13.7. The van der Waals surface area contributed by atoms with Crippen LogP contribution in [0.5, 0.6) is 0 Å². The number of nitrogens with zero attached hydrogens (tertiary/aromatic N) is 2. The van der Waals surface area contributed by atoms with Crippen molar-refractivity contribution >= 4 is 15.9 Å². The van der Waals surface area contributed by atoms with Crippen molar-refractivity contribution in [2.75, 3.05) is 19.6 Å². The molecule has 0 N–H and O–H groups in total. The highest BCUT2D eigenvalue weighted by Gasteiger charge is 2.45. The second-order valence-electron chi connectivity index (χ2n) is 6.53. The summed E-state index contributed by atoms with van der Waals surface area (Å²) in [5.74, 6) is -0.0249. The zero-order chi connectivity index (χ0) is 18.4. The van der Waals surface area contributed by atoms with Gasteiger partial charge >= 0.3 is 6.18 Å². The molecule has 25 heavy (non-hydrogen) atoms. The van der Waals surface area contributed by atoms with E-state index < -0.39 is 21.8 Å². The third kappa shape index (κ3) is 3.39. The monoisotopic (exact) mass is 376 g/mol. The van der Waals surface area contributed by atoms with E-state index in [9.17, 15) is 26.4 Å². The van der Waals surface area contributed by atoms with E-state index in [0.29, 0.717) is 26.1 Å². The molecule has 1 aromatic rings. The van der Waals surface area contributed by atoms with Gasteiger partial charge in [-0.3, -0.25) is 4.79 Å². The molecule has 5 nitrogen and oxygen atoms in total. The maximum Gasteiger partial charge on any atom is 0.416 e. The van der Waals surface area contributed by atoms with Crippen LogP contribution in [0.2, 0.25) is 0 Å². The van der Waals surface area contributed by atoms with Crippen LogP contribution in [-0.4, -0.2) is 49.2 Å². The number of carbonyl (C=O) groups excluding carboxylic acids is 1. The third-order valence-corrected chi connectivity index (χ3v) is 6.90. The van der Waals surface area contributed by atoms with Gasteiger partial charge in [-0.05, 0) is 43.0 Å². The molecule has 2 aliphatic rings. The predicted octanol–water partition coefficient (Wildman–Crippen LogP) is 2.34. The molecule has 2 heterocycles. The minimum atomic E-state index is -4.51. The number of hydrogen-bond donors (Lipinski definition) is 0. The van der Waals surface area contributed by atoms with Gasteiger partial charge in [0.05, 0.1) is 10.5 Å². The summed E-state index contributed by atoms with van der Waals surface area (Å²) >= 11 is 0. The van der Waals surface area contributed by atoms with Crippen LogP contribution in [0.1, 0.15) is 25.3 Å². The molecule has 0 spiro atoms. The lowest BCUT2D eigenvalue weighted by Crippen LogP contribution is -2.48. The highest BCUT2D eigenvalue weighted by Crippen LogP contribution is 2.35. The van der Waals surface area contributed by atoms with Gasteiger partial charge in [-0.2, -0.15) is 17.5 Å². The molecular formula is C16H19F3N2O3S. The quantitative estimate of drug-likeness (QED) is 0.796. The molecule has 0 aromatic heterocycles. The van der Waals surface area contributed by atoms with E-state index in [1.165, 1.54) is 11.2 Å². The molecule has 1 aromatic carbocycles. The maximum absolute atomic E-state index is 12.9. The van der Waals surface area contributed by atoms with Gasteiger partial charge in [0.15, 0.2) is 0 Å². The Bertz CT molecular complexity index is 762. The molecule has 2 aliphatic heterocycles. The smallest absolute Gasteiger partial charge is 0.341 e. The number of sulfonamides is 1. The van der Waals surface area contributed by atoms with Crippen LogP contribution < -0.4 is 0 Å². The van der Waals surface area contributed by atoms with E-state index in [-0.39, 0.29) is 22.8 Å². The summed E-state index contributed by atoms with van der Waals surface area (Å²) in [6, 6.07) is 3.25. The number of amides is 1. The highest BCUT2D eigenvalue weighted by atomic mass is 32.2. The molecule has 9 heteroatoms. The number of benzene rings is 1. The Morgan fingerprint density at radius 2 is 1.80 bits per heavy atom. The Balaban J connectivity index is 1.87. The van der Waals surface area contributed by atoms with Crippen molar-refractivity contribution in [3.8, 4) is 0 Å². The van der Waals surface area contributed by atoms with Gasteiger partial charge in [-0.15, -0.1) is 0 Å². The van der Waals surface area contributed by atoms with Crippen molar-refractivity contribution in [2.24, 2.45) is 5.92 Å². The van der Waals surface area contributed by atoms with Gasteiger partial charge < -0.3 is 4.90 Å². The Labute approximate surface area is 144 Å². The Morgan fingerprint density at radius 1 is 1.16 bits per heavy atom. The van der Waals surface area contributed by atoms with Crippen LogP contribution in [-0.2, 0) is 21.0 Å². The fraction of sp³-hybridized carbons (Fsp3) is 0.562. The molecule has 0 bridgehead atoms. The average molecular weight is 376 g/mol. The summed E-state index contributed by atoms with van der Waals surface area (Å²) in [6.07, 6.45) is -2.99. The number of rotatable bonds is 2. The lowest BCUT2D eigenvalue weighted by atomic mass is 9.94. The SMILES string of the molecule is CC(=O)N1C[C@H]2CCCN(S(=O)(=O)c3ccc(C(F)(F)F)cc3)[C@H]2C1. The lowest BCUT2D eigenvalue weighted by Gasteiger charge is -2.35. The molecule has 3 rings (SSSR count). The van der Waals surface area contributed by atoms with E-state index in [0.717, 1.165) is 30.7 Å². The van der Waals surface area contributed by atoms with Crippen LogP contribution in [0.15, 0.2) is 29.2 Å². The topological polar surface area (TPSA) is 57.7 Å². The molecule has 2 atom stereocenters. The lowest BCUT2D eigenvalue weighted by molar-refractivity contribution is -0.137. The standard InChI is InChI=1S/C16H19F3N2O3S/c1-11(22)20-9-12-3-2-8-21(15(12)10-20)25(23,24)14-6-4-13(5-7-14)16(17,18)19/h4-7,12,15H,2-3,8-10H2,1H3/t12-,15+/m1/s1. The van der Waals surface area contributed by atoms with Gasteiger partial charge in [-0.1, -0.05) is 0 Å². The van der Waals surface area contributed by atoms with Crippen molar-refractivity contribution in [1.29, 1.82) is 0 Å². The summed E-state index contributed by atoms with van der Waals surface area (Å²) in [5, 5.41) is 0. The van der Waals surface area contributed by atoms with E-state index in [2.05, 4.69) is 0 Å². The first-order valence-electron chi connectivity index (χ1n) is 8.05. The van der Waals surface area contributed by atoms with E-state index in [4.69, 9.17) is 0 Å². The number of carbonyl (C=O) groups is 1. The van der Waals surface area contributed by atoms with Crippen LogP contribution in [0.3, 0.4) is 0 Å². The van der Waals surface area contributed by atoms with Crippen molar-refractivity contribution in [1.82, 2.24) is 9.21 Å². The second kappa shape index (κ2) is 6.28. The summed E-state index contributed by atoms with van der Waals surface area (Å²) < 4.78 is 65.2. The van der Waals surface area contributed by atoms with Crippen molar-refractivity contribution in [2.45, 2.75) is 36.9 Å². The van der Waals surface area contributed by atoms with Crippen LogP contribution >= 0.6 is 0 Å². The second-order valence-corrected chi connectivity index (χ2v) is 8.42. The zero-order valence-corrected chi connectivity index (χ0v) is 14.5. The van der Waals surface area contributed by atoms with Gasteiger partial charge in [0, 0.05) is 32.6 Å². The summed E-state index contributed by atoms with van der Waals surface area (Å²) in [6.45, 7) is 2.63. The predicted molar refractivity (Wildman–Crippen MR) is 84.1 cm³/mol. The summed E-state index contributed by atoms with van der Waals surface area (Å²) in [4.78, 5) is 13.1. The molecule has 2 saturated heterocycles. The highest BCUT2D eigenvalue weighted by molar-refractivity contribution is 7.89.